The van der Waals surface area contributed by atoms with Gasteiger partial charge in [0.05, 0.1) is 13.1 Å². The molecule has 1 atom stereocenters. The van der Waals surface area contributed by atoms with E-state index in [9.17, 15) is 8.78 Å². The molecule has 14 heavy (non-hydrogen) atoms. The van der Waals surface area contributed by atoms with E-state index in [1.165, 1.54) is 0 Å². The van der Waals surface area contributed by atoms with E-state index in [2.05, 4.69) is 25.8 Å². The smallest absolute Gasteiger partial charge is 0.272 e. The first kappa shape index (κ1) is 10.3. The van der Waals surface area contributed by atoms with Crippen molar-refractivity contribution in [2.24, 2.45) is 0 Å². The van der Waals surface area contributed by atoms with Crippen molar-refractivity contribution in [3.8, 4) is 0 Å². The number of nitrogens with zero attached hydrogens (tertiary/aromatic N) is 2. The lowest BCUT2D eigenvalue weighted by atomic mass is 9.97. The van der Waals surface area contributed by atoms with Gasteiger partial charge in [0.15, 0.2) is 0 Å². The minimum Gasteiger partial charge on any atom is -0.300 e. The maximum absolute atomic E-state index is 12.7. The highest BCUT2D eigenvalue weighted by Gasteiger charge is 2.50. The predicted molar refractivity (Wildman–Crippen MR) is 51.6 cm³/mol. The number of alkyl halides is 2. The molecule has 2 saturated heterocycles. The van der Waals surface area contributed by atoms with Gasteiger partial charge in [0.25, 0.3) is 5.92 Å². The number of hydrogen-bond donors (Lipinski definition) is 0. The van der Waals surface area contributed by atoms with Crippen LogP contribution in [0, 0.1) is 0 Å². The summed E-state index contributed by atoms with van der Waals surface area (Å²) in [6.45, 7) is 5.18. The van der Waals surface area contributed by atoms with Gasteiger partial charge in [-0.2, -0.15) is 0 Å². The van der Waals surface area contributed by atoms with E-state index in [0.717, 1.165) is 13.0 Å². The quantitative estimate of drug-likeness (QED) is 0.637. The molecular weight excluding hydrogens is 186 g/mol. The Labute approximate surface area is 83.9 Å². The largest absolute Gasteiger partial charge is 0.300 e. The van der Waals surface area contributed by atoms with Crippen molar-refractivity contribution < 1.29 is 8.78 Å². The molecule has 2 aliphatic heterocycles. The van der Waals surface area contributed by atoms with Gasteiger partial charge in [0.1, 0.15) is 0 Å². The van der Waals surface area contributed by atoms with Crippen LogP contribution < -0.4 is 0 Å². The number of rotatable bonds is 1. The Bertz CT molecular complexity index is 232. The first-order valence-corrected chi connectivity index (χ1v) is 5.13. The van der Waals surface area contributed by atoms with Crippen LogP contribution in [0.4, 0.5) is 8.78 Å². The van der Waals surface area contributed by atoms with Crippen molar-refractivity contribution in [2.45, 2.75) is 37.8 Å². The fourth-order valence-electron chi connectivity index (χ4n) is 2.41. The highest BCUT2D eigenvalue weighted by Crippen LogP contribution is 2.36. The molecule has 0 amide bonds. The molecule has 2 fully saturated rings. The number of halogens is 2. The minimum absolute atomic E-state index is 0.0401. The minimum atomic E-state index is -2.43. The molecule has 0 radical (unpaired) electrons. The summed E-state index contributed by atoms with van der Waals surface area (Å²) in [5.74, 6) is -2.43. The van der Waals surface area contributed by atoms with Gasteiger partial charge in [-0.3, -0.25) is 9.80 Å². The van der Waals surface area contributed by atoms with Crippen LogP contribution in [0.25, 0.3) is 0 Å². The van der Waals surface area contributed by atoms with E-state index in [1.807, 2.05) is 4.90 Å². The van der Waals surface area contributed by atoms with E-state index < -0.39 is 5.92 Å². The third kappa shape index (κ3) is 1.65. The van der Waals surface area contributed by atoms with Crippen molar-refractivity contribution in [3.63, 3.8) is 0 Å². The summed E-state index contributed by atoms with van der Waals surface area (Å²) >= 11 is 0. The van der Waals surface area contributed by atoms with Crippen LogP contribution in [0.15, 0.2) is 0 Å². The van der Waals surface area contributed by atoms with Crippen LogP contribution in [0.3, 0.4) is 0 Å². The second-order valence-electron chi connectivity index (χ2n) is 5.31. The molecule has 0 bridgehead atoms. The summed E-state index contributed by atoms with van der Waals surface area (Å²) in [7, 11) is 2.07. The normalized spacial score (nSPS) is 37.1. The van der Waals surface area contributed by atoms with Gasteiger partial charge in [-0.05, 0) is 27.3 Å². The molecule has 0 aromatic rings. The van der Waals surface area contributed by atoms with Gasteiger partial charge in [-0.1, -0.05) is 0 Å². The Morgan fingerprint density at radius 1 is 1.21 bits per heavy atom. The highest BCUT2D eigenvalue weighted by atomic mass is 19.3. The topological polar surface area (TPSA) is 6.48 Å². The van der Waals surface area contributed by atoms with Crippen molar-refractivity contribution in [1.29, 1.82) is 0 Å². The molecule has 0 unspecified atom stereocenters. The molecule has 2 heterocycles. The van der Waals surface area contributed by atoms with Crippen LogP contribution in [0.5, 0.6) is 0 Å². The van der Waals surface area contributed by atoms with Crippen LogP contribution >= 0.6 is 0 Å². The zero-order valence-corrected chi connectivity index (χ0v) is 9.06. The molecule has 2 nitrogen and oxygen atoms in total. The average molecular weight is 204 g/mol. The van der Waals surface area contributed by atoms with E-state index >= 15 is 0 Å². The molecule has 2 rings (SSSR count). The summed E-state index contributed by atoms with van der Waals surface area (Å²) in [5.41, 5.74) is 0.162. The molecule has 4 heteroatoms. The van der Waals surface area contributed by atoms with Crippen LogP contribution in [-0.4, -0.2) is 54.0 Å². The van der Waals surface area contributed by atoms with Gasteiger partial charge in [0, 0.05) is 18.1 Å². The summed E-state index contributed by atoms with van der Waals surface area (Å²) in [6, 6.07) is 0.328. The first-order valence-electron chi connectivity index (χ1n) is 5.13. The highest BCUT2D eigenvalue weighted by molar-refractivity contribution is 5.00. The summed E-state index contributed by atoms with van der Waals surface area (Å²) in [5, 5.41) is 0. The molecule has 82 valence electrons. The zero-order valence-electron chi connectivity index (χ0n) is 9.06. The Hall–Kier alpha value is -0.220. The Morgan fingerprint density at radius 3 is 2.14 bits per heavy atom. The van der Waals surface area contributed by atoms with Crippen molar-refractivity contribution in [2.75, 3.05) is 26.7 Å². The van der Waals surface area contributed by atoms with Crippen LogP contribution in [-0.2, 0) is 0 Å². The molecule has 2 aliphatic rings. The van der Waals surface area contributed by atoms with Gasteiger partial charge >= 0.3 is 0 Å². The van der Waals surface area contributed by atoms with Crippen LogP contribution in [0.2, 0.25) is 0 Å². The van der Waals surface area contributed by atoms with Gasteiger partial charge in [0.2, 0.25) is 0 Å². The molecule has 0 aliphatic carbocycles. The van der Waals surface area contributed by atoms with E-state index in [0.29, 0.717) is 6.04 Å². The SMILES string of the molecule is CN1C[C@@H](N2CC(F)(F)C2)CC1(C)C. The molecule has 0 aromatic carbocycles. The standard InChI is InChI=1S/C10H18F2N2/c1-9(2)4-8(5-13(9)3)14-6-10(11,12)7-14/h8H,4-7H2,1-3H3/t8-/m0/s1. The fraction of sp³-hybridized carbons (Fsp3) is 1.00. The van der Waals surface area contributed by atoms with E-state index in [4.69, 9.17) is 0 Å². The summed E-state index contributed by atoms with van der Waals surface area (Å²) < 4.78 is 25.4. The molecular formula is C10H18F2N2. The second kappa shape index (κ2) is 2.89. The van der Waals surface area contributed by atoms with E-state index in [1.54, 1.807) is 0 Å². The maximum Gasteiger partial charge on any atom is 0.272 e. The van der Waals surface area contributed by atoms with Crippen LogP contribution in [0.1, 0.15) is 20.3 Å². The molecule has 0 aromatic heterocycles. The lowest BCUT2D eigenvalue weighted by Gasteiger charge is -2.42. The number of likely N-dealkylation sites (tertiary alicyclic amines) is 2. The second-order valence-corrected chi connectivity index (χ2v) is 5.31. The third-order valence-electron chi connectivity index (χ3n) is 3.64. The lowest BCUT2D eigenvalue weighted by molar-refractivity contribution is -0.144. The third-order valence-corrected chi connectivity index (χ3v) is 3.64. The Morgan fingerprint density at radius 2 is 1.79 bits per heavy atom. The zero-order chi connectivity index (χ0) is 10.6. The van der Waals surface area contributed by atoms with Crippen molar-refractivity contribution in [1.82, 2.24) is 9.80 Å². The van der Waals surface area contributed by atoms with Crippen molar-refractivity contribution >= 4 is 0 Å². The van der Waals surface area contributed by atoms with Gasteiger partial charge in [-0.25, -0.2) is 8.78 Å². The lowest BCUT2D eigenvalue weighted by Crippen LogP contribution is -2.60. The summed E-state index contributed by atoms with van der Waals surface area (Å²) in [6.07, 6.45) is 1.000. The monoisotopic (exact) mass is 204 g/mol. The Kier molecular flexibility index (Phi) is 2.13. The fourth-order valence-corrected chi connectivity index (χ4v) is 2.41. The average Bonchev–Trinajstić information content (AvgIpc) is 2.22. The van der Waals surface area contributed by atoms with Crippen molar-refractivity contribution in [3.05, 3.63) is 0 Å². The predicted octanol–water partition coefficient (Wildman–Crippen LogP) is 1.42. The molecule has 0 N–H and O–H groups in total. The summed E-state index contributed by atoms with van der Waals surface area (Å²) in [4.78, 5) is 4.17. The molecule has 0 saturated carbocycles. The van der Waals surface area contributed by atoms with E-state index in [-0.39, 0.29) is 18.6 Å². The molecule has 0 spiro atoms. The number of hydrogen-bond acceptors (Lipinski definition) is 2. The maximum atomic E-state index is 12.7. The van der Waals surface area contributed by atoms with Gasteiger partial charge < -0.3 is 0 Å². The van der Waals surface area contributed by atoms with Gasteiger partial charge in [-0.15, -0.1) is 0 Å². The number of likely N-dealkylation sites (N-methyl/N-ethyl adjacent to an activating group) is 1. The Balaban J connectivity index is 1.91. The first-order chi connectivity index (χ1) is 6.30.